The number of ether oxygens (including phenoxy) is 1. The highest BCUT2D eigenvalue weighted by Gasteiger charge is 2.50. The van der Waals surface area contributed by atoms with Gasteiger partial charge in [-0.2, -0.15) is 0 Å². The topological polar surface area (TPSA) is 25.4 Å². The number of fused-ring (bicyclic) bond motifs is 1. The van der Waals surface area contributed by atoms with Crippen LogP contribution in [0.5, 0.6) is 0 Å². The number of benzene rings is 1. The Morgan fingerprint density at radius 1 is 1.18 bits per heavy atom. The number of thiophene rings is 1. The Bertz CT molecular complexity index is 1060. The summed E-state index contributed by atoms with van der Waals surface area (Å²) in [5.41, 5.74) is 5.41. The Labute approximate surface area is 202 Å². The molecular weight excluding hydrogens is 424 g/mol. The van der Waals surface area contributed by atoms with E-state index in [-0.39, 0.29) is 17.1 Å². The second kappa shape index (κ2) is 9.32. The average molecular weight is 461 g/mol. The first-order valence-electron chi connectivity index (χ1n) is 12.4. The summed E-state index contributed by atoms with van der Waals surface area (Å²) in [5, 5.41) is 2.20. The molecule has 2 aliphatic rings. The van der Waals surface area contributed by atoms with Crippen molar-refractivity contribution in [1.29, 1.82) is 0 Å². The van der Waals surface area contributed by atoms with Crippen molar-refractivity contribution in [3.63, 3.8) is 0 Å². The minimum atomic E-state index is -0.0143. The fraction of sp³-hybridized carbons (Fsp3) is 0.483. The fourth-order valence-corrected chi connectivity index (χ4v) is 6.70. The van der Waals surface area contributed by atoms with Crippen molar-refractivity contribution in [2.45, 2.75) is 64.5 Å². The highest BCUT2D eigenvalue weighted by Crippen LogP contribution is 2.52. The van der Waals surface area contributed by atoms with Gasteiger partial charge >= 0.3 is 0 Å². The number of nitrogens with zero attached hydrogens (tertiary/aromatic N) is 2. The summed E-state index contributed by atoms with van der Waals surface area (Å²) >= 11 is 1.88. The molecule has 3 nitrogen and oxygen atoms in total. The zero-order chi connectivity index (χ0) is 22.9. The molecule has 1 fully saturated rings. The lowest BCUT2D eigenvalue weighted by Gasteiger charge is -2.44. The maximum Gasteiger partial charge on any atom is 0.0896 e. The van der Waals surface area contributed by atoms with Crippen LogP contribution in [0.4, 0.5) is 0 Å². The summed E-state index contributed by atoms with van der Waals surface area (Å²) in [6.07, 6.45) is 7.82. The van der Waals surface area contributed by atoms with Crippen LogP contribution in [-0.2, 0) is 23.1 Å². The number of aryl methyl sites for hydroxylation is 2. The number of hydrogen-bond acceptors (Lipinski definition) is 4. The number of pyridine rings is 1. The molecule has 0 saturated carbocycles. The molecule has 0 aliphatic carbocycles. The third-order valence-electron chi connectivity index (χ3n) is 8.30. The van der Waals surface area contributed by atoms with E-state index in [4.69, 9.17) is 4.74 Å². The van der Waals surface area contributed by atoms with E-state index in [9.17, 15) is 0 Å². The van der Waals surface area contributed by atoms with Gasteiger partial charge in [-0.1, -0.05) is 43.3 Å². The van der Waals surface area contributed by atoms with Gasteiger partial charge < -0.3 is 4.74 Å². The van der Waals surface area contributed by atoms with Crippen molar-refractivity contribution in [2.75, 3.05) is 19.7 Å². The molecule has 0 amide bonds. The van der Waals surface area contributed by atoms with E-state index >= 15 is 0 Å². The van der Waals surface area contributed by atoms with Crippen LogP contribution in [0, 0.1) is 12.3 Å². The van der Waals surface area contributed by atoms with Gasteiger partial charge in [0.1, 0.15) is 0 Å². The molecule has 174 valence electrons. The Balaban J connectivity index is 1.49. The number of hydrogen-bond donors (Lipinski definition) is 0. The molecule has 1 saturated heterocycles. The summed E-state index contributed by atoms with van der Waals surface area (Å²) in [4.78, 5) is 8.86. The van der Waals surface area contributed by atoms with E-state index in [0.29, 0.717) is 0 Å². The van der Waals surface area contributed by atoms with Crippen LogP contribution in [0.3, 0.4) is 0 Å². The molecule has 1 unspecified atom stereocenters. The molecule has 2 aromatic heterocycles. The van der Waals surface area contributed by atoms with Gasteiger partial charge in [-0.25, -0.2) is 0 Å². The van der Waals surface area contributed by atoms with Gasteiger partial charge in [0.15, 0.2) is 0 Å². The lowest BCUT2D eigenvalue weighted by molar-refractivity contribution is -0.0569. The van der Waals surface area contributed by atoms with Crippen LogP contribution >= 0.6 is 11.3 Å². The minimum absolute atomic E-state index is 0.0143. The molecule has 1 aromatic carbocycles. The smallest absolute Gasteiger partial charge is 0.0896 e. The second-order valence-corrected chi connectivity index (χ2v) is 11.2. The SMILES string of the molecule is CCC(C)(c1ccc(C)nc1)N1CC[C@@](CCc2cccs2)([C@H]2OCCc3ccccc32)C1. The van der Waals surface area contributed by atoms with Gasteiger partial charge in [0.2, 0.25) is 0 Å². The molecule has 4 heteroatoms. The number of aromatic nitrogens is 1. The summed E-state index contributed by atoms with van der Waals surface area (Å²) in [6, 6.07) is 17.9. The molecule has 3 aromatic rings. The third kappa shape index (κ3) is 4.29. The van der Waals surface area contributed by atoms with Gasteiger partial charge in [0, 0.05) is 34.3 Å². The monoisotopic (exact) mass is 460 g/mol. The predicted octanol–water partition coefficient (Wildman–Crippen LogP) is 6.72. The average Bonchev–Trinajstić information content (AvgIpc) is 3.53. The first kappa shape index (κ1) is 22.8. The van der Waals surface area contributed by atoms with E-state index in [1.807, 2.05) is 11.3 Å². The van der Waals surface area contributed by atoms with Crippen molar-refractivity contribution >= 4 is 11.3 Å². The Morgan fingerprint density at radius 2 is 2.06 bits per heavy atom. The van der Waals surface area contributed by atoms with E-state index in [0.717, 1.165) is 51.1 Å². The zero-order valence-electron chi connectivity index (χ0n) is 20.2. The van der Waals surface area contributed by atoms with Crippen molar-refractivity contribution in [3.8, 4) is 0 Å². The molecule has 33 heavy (non-hydrogen) atoms. The Kier molecular flexibility index (Phi) is 6.43. The predicted molar refractivity (Wildman–Crippen MR) is 137 cm³/mol. The zero-order valence-corrected chi connectivity index (χ0v) is 21.0. The molecule has 0 spiro atoms. The van der Waals surface area contributed by atoms with Crippen LogP contribution in [0.2, 0.25) is 0 Å². The van der Waals surface area contributed by atoms with E-state index in [1.165, 1.54) is 28.0 Å². The van der Waals surface area contributed by atoms with Crippen LogP contribution < -0.4 is 0 Å². The highest BCUT2D eigenvalue weighted by molar-refractivity contribution is 7.09. The standard InChI is InChI=1S/C29H36N2OS/c1-4-28(3,24-12-11-22(2)30-20-24)31-17-16-29(21-31,15-13-25-9-7-19-33-25)27-26-10-6-5-8-23(26)14-18-32-27/h5-12,19-20,27H,4,13-18,21H2,1-3H3/t27-,28?,29+/m0/s1. The van der Waals surface area contributed by atoms with Crippen LogP contribution in [-0.4, -0.2) is 29.6 Å². The van der Waals surface area contributed by atoms with Crippen molar-refractivity contribution in [2.24, 2.45) is 5.41 Å². The minimum Gasteiger partial charge on any atom is -0.373 e. The molecule has 3 atom stereocenters. The summed E-state index contributed by atoms with van der Waals surface area (Å²) in [7, 11) is 0. The van der Waals surface area contributed by atoms with Crippen molar-refractivity contribution < 1.29 is 4.74 Å². The normalized spacial score (nSPS) is 25.0. The summed E-state index contributed by atoms with van der Waals surface area (Å²) < 4.78 is 6.64. The Hall–Kier alpha value is -2.01. The van der Waals surface area contributed by atoms with Gasteiger partial charge in [-0.15, -0.1) is 11.3 Å². The van der Waals surface area contributed by atoms with Gasteiger partial charge in [-0.3, -0.25) is 9.88 Å². The lowest BCUT2D eigenvalue weighted by Crippen LogP contribution is -2.45. The molecule has 4 heterocycles. The number of likely N-dealkylation sites (tertiary alicyclic amines) is 1. The van der Waals surface area contributed by atoms with E-state index in [2.05, 4.69) is 90.8 Å². The maximum atomic E-state index is 6.64. The highest BCUT2D eigenvalue weighted by atomic mass is 32.1. The van der Waals surface area contributed by atoms with Crippen molar-refractivity contribution in [3.05, 3.63) is 87.4 Å². The molecule has 2 aliphatic heterocycles. The third-order valence-corrected chi connectivity index (χ3v) is 9.24. The maximum absolute atomic E-state index is 6.64. The summed E-state index contributed by atoms with van der Waals surface area (Å²) in [6.45, 7) is 9.79. The van der Waals surface area contributed by atoms with Gasteiger partial charge in [0.05, 0.1) is 12.7 Å². The largest absolute Gasteiger partial charge is 0.373 e. The second-order valence-electron chi connectivity index (χ2n) is 10.1. The summed E-state index contributed by atoms with van der Waals surface area (Å²) in [5.74, 6) is 0. The molecule has 0 bridgehead atoms. The van der Waals surface area contributed by atoms with E-state index < -0.39 is 0 Å². The molecule has 0 N–H and O–H groups in total. The van der Waals surface area contributed by atoms with Crippen molar-refractivity contribution in [1.82, 2.24) is 9.88 Å². The first-order chi connectivity index (χ1) is 16.0. The molecule has 5 rings (SSSR count). The molecular formula is C29H36N2OS. The van der Waals surface area contributed by atoms with Gasteiger partial charge in [0.25, 0.3) is 0 Å². The first-order valence-corrected chi connectivity index (χ1v) is 13.3. The quantitative estimate of drug-likeness (QED) is 0.391. The van der Waals surface area contributed by atoms with Crippen LogP contribution in [0.1, 0.15) is 66.5 Å². The van der Waals surface area contributed by atoms with Crippen LogP contribution in [0.15, 0.2) is 60.1 Å². The molecule has 0 radical (unpaired) electrons. The van der Waals surface area contributed by atoms with Crippen LogP contribution in [0.25, 0.3) is 0 Å². The Morgan fingerprint density at radius 3 is 2.82 bits per heavy atom. The van der Waals surface area contributed by atoms with Gasteiger partial charge in [-0.05, 0) is 86.7 Å². The fourth-order valence-electron chi connectivity index (χ4n) is 5.99. The lowest BCUT2D eigenvalue weighted by atomic mass is 9.72. The van der Waals surface area contributed by atoms with E-state index in [1.54, 1.807) is 0 Å². The number of rotatable bonds is 7.